The van der Waals surface area contributed by atoms with E-state index in [1.807, 2.05) is 36.4 Å². The van der Waals surface area contributed by atoms with Gasteiger partial charge >= 0.3 is 0 Å². The lowest BCUT2D eigenvalue weighted by molar-refractivity contribution is -0.122. The summed E-state index contributed by atoms with van der Waals surface area (Å²) in [5.41, 5.74) is 2.36. The maximum atomic E-state index is 13.5. The molecule has 0 aliphatic heterocycles. The molecule has 30 heavy (non-hydrogen) atoms. The van der Waals surface area contributed by atoms with Crippen LogP contribution in [0.5, 0.6) is 0 Å². The van der Waals surface area contributed by atoms with Crippen LogP contribution in [0.25, 0.3) is 6.08 Å². The molecule has 1 fully saturated rings. The van der Waals surface area contributed by atoms with Gasteiger partial charge in [-0.15, -0.1) is 0 Å². The molecule has 0 unspecified atom stereocenters. The van der Waals surface area contributed by atoms with Crippen LogP contribution in [0.1, 0.15) is 48.3 Å². The summed E-state index contributed by atoms with van der Waals surface area (Å²) >= 11 is 0. The van der Waals surface area contributed by atoms with E-state index in [1.54, 1.807) is 24.3 Å². The summed E-state index contributed by atoms with van der Waals surface area (Å²) in [6.07, 6.45) is 6.91. The highest BCUT2D eigenvalue weighted by Gasteiger charge is 2.44. The predicted octanol–water partition coefficient (Wildman–Crippen LogP) is 6.84. The molecule has 0 N–H and O–H groups in total. The van der Waals surface area contributed by atoms with Gasteiger partial charge in [0.15, 0.2) is 0 Å². The zero-order valence-electron chi connectivity index (χ0n) is 16.7. The Labute approximate surface area is 176 Å². The molecule has 0 saturated heterocycles. The van der Waals surface area contributed by atoms with Gasteiger partial charge in [0.25, 0.3) is 0 Å². The van der Waals surface area contributed by atoms with Crippen molar-refractivity contribution in [3.05, 3.63) is 113 Å². The summed E-state index contributed by atoms with van der Waals surface area (Å²) in [4.78, 5) is 13.1. The molecule has 3 heteroatoms. The van der Waals surface area contributed by atoms with Crippen LogP contribution in [-0.2, 0) is 10.2 Å². The third-order valence-electron chi connectivity index (χ3n) is 6.13. The molecular formula is C27H24F2O. The van der Waals surface area contributed by atoms with E-state index < -0.39 is 5.41 Å². The standard InChI is InChI=1S/C27H24F2O/c28-24-14-9-20(10-15-24)8-11-22(21-12-16-25(29)17-13-21)19-27(18-4-7-26(27)30)23-5-2-1-3-6-23/h1-3,5-6,8-17,22H,4,7,18-19H2/b11-8+/t22-,27+/m1/s1. The second-order valence-corrected chi connectivity index (χ2v) is 8.00. The molecule has 1 aliphatic carbocycles. The first-order valence-corrected chi connectivity index (χ1v) is 10.3. The molecule has 2 atom stereocenters. The zero-order chi connectivity index (χ0) is 21.0. The summed E-state index contributed by atoms with van der Waals surface area (Å²) in [6.45, 7) is 0. The minimum absolute atomic E-state index is 0.0714. The maximum Gasteiger partial charge on any atom is 0.143 e. The molecule has 4 rings (SSSR count). The Morgan fingerprint density at radius 2 is 1.50 bits per heavy atom. The minimum Gasteiger partial charge on any atom is -0.299 e. The molecule has 152 valence electrons. The Morgan fingerprint density at radius 3 is 2.10 bits per heavy atom. The predicted molar refractivity (Wildman–Crippen MR) is 116 cm³/mol. The van der Waals surface area contributed by atoms with E-state index in [0.717, 1.165) is 29.5 Å². The fourth-order valence-electron chi connectivity index (χ4n) is 4.51. The van der Waals surface area contributed by atoms with Crippen molar-refractivity contribution < 1.29 is 13.6 Å². The molecule has 1 saturated carbocycles. The second-order valence-electron chi connectivity index (χ2n) is 8.00. The van der Waals surface area contributed by atoms with Crippen LogP contribution >= 0.6 is 0 Å². The van der Waals surface area contributed by atoms with Gasteiger partial charge in [-0.2, -0.15) is 0 Å². The van der Waals surface area contributed by atoms with E-state index in [2.05, 4.69) is 6.08 Å². The van der Waals surface area contributed by atoms with Crippen molar-refractivity contribution in [3.8, 4) is 0 Å². The van der Waals surface area contributed by atoms with Gasteiger partial charge in [0.05, 0.1) is 5.41 Å². The first kappa shape index (κ1) is 20.2. The van der Waals surface area contributed by atoms with Crippen LogP contribution in [0.4, 0.5) is 8.78 Å². The highest BCUT2D eigenvalue weighted by atomic mass is 19.1. The molecule has 0 bridgehead atoms. The van der Waals surface area contributed by atoms with Crippen LogP contribution < -0.4 is 0 Å². The fraction of sp³-hybridized carbons (Fsp3) is 0.222. The monoisotopic (exact) mass is 402 g/mol. The summed E-state index contributed by atoms with van der Waals surface area (Å²) in [7, 11) is 0. The Morgan fingerprint density at radius 1 is 0.867 bits per heavy atom. The van der Waals surface area contributed by atoms with Crippen LogP contribution in [0, 0.1) is 11.6 Å². The number of ketones is 1. The quantitative estimate of drug-likeness (QED) is 0.441. The molecule has 3 aromatic rings. The van der Waals surface area contributed by atoms with E-state index in [4.69, 9.17) is 0 Å². The van der Waals surface area contributed by atoms with Gasteiger partial charge in [0.2, 0.25) is 0 Å². The highest BCUT2D eigenvalue weighted by Crippen LogP contribution is 2.45. The number of rotatable bonds is 6. The van der Waals surface area contributed by atoms with Crippen molar-refractivity contribution in [1.82, 2.24) is 0 Å². The first-order chi connectivity index (χ1) is 14.6. The third-order valence-corrected chi connectivity index (χ3v) is 6.13. The van der Waals surface area contributed by atoms with Crippen molar-refractivity contribution in [2.45, 2.75) is 37.0 Å². The third kappa shape index (κ3) is 4.25. The normalized spacial score (nSPS) is 20.0. The van der Waals surface area contributed by atoms with E-state index in [9.17, 15) is 13.6 Å². The largest absolute Gasteiger partial charge is 0.299 e. The topological polar surface area (TPSA) is 17.1 Å². The van der Waals surface area contributed by atoms with Crippen molar-refractivity contribution in [2.75, 3.05) is 0 Å². The van der Waals surface area contributed by atoms with E-state index >= 15 is 0 Å². The Hall–Kier alpha value is -3.07. The number of carbonyl (C=O) groups excluding carboxylic acids is 1. The number of halogens is 2. The summed E-state index contributed by atoms with van der Waals surface area (Å²) in [6, 6.07) is 22.8. The number of Topliss-reactive ketones (excluding diaryl/α,β-unsaturated/α-hetero) is 1. The summed E-state index contributed by atoms with van der Waals surface area (Å²) < 4.78 is 26.8. The molecule has 1 nitrogen and oxygen atoms in total. The Balaban J connectivity index is 1.72. The lowest BCUT2D eigenvalue weighted by atomic mass is 9.70. The van der Waals surface area contributed by atoms with E-state index in [0.29, 0.717) is 12.8 Å². The molecule has 0 spiro atoms. The Bertz CT molecular complexity index is 1020. The summed E-state index contributed by atoms with van der Waals surface area (Å²) in [5.74, 6) is -0.356. The van der Waals surface area contributed by atoms with Crippen molar-refractivity contribution in [1.29, 1.82) is 0 Å². The van der Waals surface area contributed by atoms with E-state index in [-0.39, 0.29) is 23.3 Å². The molecular weight excluding hydrogens is 378 g/mol. The van der Waals surface area contributed by atoms with Gasteiger partial charge in [0, 0.05) is 12.3 Å². The van der Waals surface area contributed by atoms with Gasteiger partial charge in [0.1, 0.15) is 17.4 Å². The molecule has 3 aromatic carbocycles. The van der Waals surface area contributed by atoms with Crippen LogP contribution in [0.15, 0.2) is 84.9 Å². The highest BCUT2D eigenvalue weighted by molar-refractivity contribution is 5.92. The lowest BCUT2D eigenvalue weighted by Gasteiger charge is -2.31. The Kier molecular flexibility index (Phi) is 5.89. The molecule has 1 aliphatic rings. The van der Waals surface area contributed by atoms with Gasteiger partial charge in [-0.25, -0.2) is 8.78 Å². The van der Waals surface area contributed by atoms with Crippen LogP contribution in [-0.4, -0.2) is 5.78 Å². The number of carbonyl (C=O) groups is 1. The molecule has 0 heterocycles. The lowest BCUT2D eigenvalue weighted by Crippen LogP contribution is -2.32. The van der Waals surface area contributed by atoms with Crippen LogP contribution in [0.2, 0.25) is 0 Å². The number of hydrogen-bond acceptors (Lipinski definition) is 1. The van der Waals surface area contributed by atoms with Gasteiger partial charge in [-0.05, 0) is 60.2 Å². The number of hydrogen-bond donors (Lipinski definition) is 0. The summed E-state index contributed by atoms with van der Waals surface area (Å²) in [5, 5.41) is 0. The second kappa shape index (κ2) is 8.74. The first-order valence-electron chi connectivity index (χ1n) is 10.3. The van der Waals surface area contributed by atoms with Gasteiger partial charge in [-0.3, -0.25) is 4.79 Å². The van der Waals surface area contributed by atoms with Gasteiger partial charge < -0.3 is 0 Å². The average Bonchev–Trinajstić information content (AvgIpc) is 3.14. The molecule has 0 amide bonds. The fourth-order valence-corrected chi connectivity index (χ4v) is 4.51. The number of allylic oxidation sites excluding steroid dienone is 1. The minimum atomic E-state index is -0.534. The maximum absolute atomic E-state index is 13.5. The SMILES string of the molecule is O=C1CCC[C@]1(C[C@@H](/C=C/c1ccc(F)cc1)c1ccc(F)cc1)c1ccccc1. The van der Waals surface area contributed by atoms with Gasteiger partial charge in [-0.1, -0.05) is 66.7 Å². The van der Waals surface area contributed by atoms with Crippen molar-refractivity contribution in [3.63, 3.8) is 0 Å². The van der Waals surface area contributed by atoms with Crippen LogP contribution in [0.3, 0.4) is 0 Å². The smallest absolute Gasteiger partial charge is 0.143 e. The average molecular weight is 402 g/mol. The zero-order valence-corrected chi connectivity index (χ0v) is 16.7. The van der Waals surface area contributed by atoms with E-state index in [1.165, 1.54) is 24.3 Å². The molecule has 0 radical (unpaired) electrons. The number of benzene rings is 3. The molecule has 0 aromatic heterocycles. The van der Waals surface area contributed by atoms with Crippen molar-refractivity contribution in [2.24, 2.45) is 0 Å². The van der Waals surface area contributed by atoms with Crippen molar-refractivity contribution >= 4 is 11.9 Å².